The minimum Gasteiger partial charge on any atom is -0.347 e. The Morgan fingerprint density at radius 2 is 1.95 bits per heavy atom. The predicted molar refractivity (Wildman–Crippen MR) is 86.4 cm³/mol. The molecule has 0 fully saturated rings. The number of hydrogen-bond acceptors (Lipinski definition) is 3. The van der Waals surface area contributed by atoms with Gasteiger partial charge in [0, 0.05) is 36.3 Å². The summed E-state index contributed by atoms with van der Waals surface area (Å²) in [6, 6.07) is 7.73. The van der Waals surface area contributed by atoms with Gasteiger partial charge in [-0.05, 0) is 38.5 Å². The lowest BCUT2D eigenvalue weighted by atomic mass is 10.1. The van der Waals surface area contributed by atoms with Crippen LogP contribution in [-0.2, 0) is 12.8 Å². The van der Waals surface area contributed by atoms with Crippen LogP contribution in [0.25, 0.3) is 0 Å². The van der Waals surface area contributed by atoms with E-state index in [1.807, 2.05) is 62.8 Å². The first kappa shape index (κ1) is 15.6. The molecule has 4 nitrogen and oxygen atoms in total. The molecular formula is C16H21N3OS. The second-order valence-electron chi connectivity index (χ2n) is 6.01. The Hall–Kier alpha value is -1.75. The number of benzene rings is 1. The minimum atomic E-state index is -0.218. The predicted octanol–water partition coefficient (Wildman–Crippen LogP) is 3.24. The van der Waals surface area contributed by atoms with Crippen LogP contribution in [0.5, 0.6) is 0 Å². The molecule has 1 amide bonds. The third-order valence-corrected chi connectivity index (χ3v) is 3.98. The van der Waals surface area contributed by atoms with Crippen molar-refractivity contribution in [3.8, 4) is 0 Å². The minimum absolute atomic E-state index is 0.0363. The molecule has 1 aromatic heterocycles. The molecule has 0 saturated carbocycles. The Bertz CT molecular complexity index is 611. The summed E-state index contributed by atoms with van der Waals surface area (Å²) in [5.41, 5.74) is 1.65. The highest BCUT2D eigenvalue weighted by atomic mass is 32.2. The molecule has 0 spiro atoms. The summed E-state index contributed by atoms with van der Waals surface area (Å²) in [4.78, 5) is 16.3. The van der Waals surface area contributed by atoms with E-state index in [-0.39, 0.29) is 11.4 Å². The second kappa shape index (κ2) is 6.35. The molecule has 0 bridgehead atoms. The van der Waals surface area contributed by atoms with Crippen LogP contribution < -0.4 is 5.32 Å². The number of nitrogens with zero attached hydrogens (tertiary/aromatic N) is 2. The lowest BCUT2D eigenvalue weighted by Crippen LogP contribution is -2.40. The number of carbonyl (C=O) groups excluding carboxylic acids is 1. The molecule has 0 aliphatic heterocycles. The van der Waals surface area contributed by atoms with E-state index in [4.69, 9.17) is 0 Å². The topological polar surface area (TPSA) is 46.9 Å². The SMILES string of the molecule is Cn1ccnc1SCc1ccc(C(=O)NC(C)(C)C)cc1. The van der Waals surface area contributed by atoms with Gasteiger partial charge in [0.05, 0.1) is 0 Å². The Labute approximate surface area is 130 Å². The summed E-state index contributed by atoms with van der Waals surface area (Å²) < 4.78 is 2.00. The van der Waals surface area contributed by atoms with Crippen LogP contribution in [0.3, 0.4) is 0 Å². The molecule has 112 valence electrons. The summed E-state index contributed by atoms with van der Waals surface area (Å²) in [7, 11) is 1.98. The van der Waals surface area contributed by atoms with E-state index in [1.54, 1.807) is 18.0 Å². The van der Waals surface area contributed by atoms with E-state index in [9.17, 15) is 4.79 Å². The Kier molecular flexibility index (Phi) is 4.73. The van der Waals surface area contributed by atoms with E-state index >= 15 is 0 Å². The first-order valence-electron chi connectivity index (χ1n) is 6.87. The van der Waals surface area contributed by atoms with Gasteiger partial charge in [-0.15, -0.1) is 0 Å². The van der Waals surface area contributed by atoms with Crippen molar-refractivity contribution in [3.05, 3.63) is 47.8 Å². The molecule has 1 N–H and O–H groups in total. The fourth-order valence-electron chi connectivity index (χ4n) is 1.80. The molecule has 0 radical (unpaired) electrons. The van der Waals surface area contributed by atoms with Crippen LogP contribution in [0.1, 0.15) is 36.7 Å². The van der Waals surface area contributed by atoms with E-state index in [2.05, 4.69) is 10.3 Å². The van der Waals surface area contributed by atoms with Crippen LogP contribution >= 0.6 is 11.8 Å². The van der Waals surface area contributed by atoms with Crippen molar-refractivity contribution in [2.75, 3.05) is 0 Å². The molecule has 0 unspecified atom stereocenters. The van der Waals surface area contributed by atoms with Crippen molar-refractivity contribution in [2.45, 2.75) is 37.2 Å². The van der Waals surface area contributed by atoms with Gasteiger partial charge < -0.3 is 9.88 Å². The Morgan fingerprint density at radius 1 is 1.29 bits per heavy atom. The summed E-state index contributed by atoms with van der Waals surface area (Å²) in [6.07, 6.45) is 3.73. The first-order chi connectivity index (χ1) is 9.85. The third kappa shape index (κ3) is 4.63. The molecule has 5 heteroatoms. The van der Waals surface area contributed by atoms with Gasteiger partial charge in [-0.1, -0.05) is 23.9 Å². The highest BCUT2D eigenvalue weighted by molar-refractivity contribution is 7.98. The van der Waals surface area contributed by atoms with Crippen molar-refractivity contribution in [2.24, 2.45) is 7.05 Å². The lowest BCUT2D eigenvalue weighted by Gasteiger charge is -2.20. The summed E-state index contributed by atoms with van der Waals surface area (Å²) in [6.45, 7) is 5.92. The van der Waals surface area contributed by atoms with E-state index in [0.29, 0.717) is 5.56 Å². The number of thioether (sulfide) groups is 1. The van der Waals surface area contributed by atoms with Crippen molar-refractivity contribution in [1.82, 2.24) is 14.9 Å². The number of aromatic nitrogens is 2. The monoisotopic (exact) mass is 303 g/mol. The zero-order valence-corrected chi connectivity index (χ0v) is 13.7. The normalized spacial score (nSPS) is 11.4. The number of rotatable bonds is 4. The summed E-state index contributed by atoms with van der Waals surface area (Å²) in [5, 5.41) is 3.95. The van der Waals surface area contributed by atoms with Gasteiger partial charge in [0.25, 0.3) is 5.91 Å². The Morgan fingerprint density at radius 3 is 2.48 bits per heavy atom. The van der Waals surface area contributed by atoms with E-state index < -0.39 is 0 Å². The summed E-state index contributed by atoms with van der Waals surface area (Å²) in [5.74, 6) is 0.803. The standard InChI is InChI=1S/C16H21N3OS/c1-16(2,3)18-14(20)13-7-5-12(6-8-13)11-21-15-17-9-10-19(15)4/h5-10H,11H2,1-4H3,(H,18,20). The number of amides is 1. The number of carbonyl (C=O) groups is 1. The molecule has 21 heavy (non-hydrogen) atoms. The second-order valence-corrected chi connectivity index (χ2v) is 6.95. The van der Waals surface area contributed by atoms with Gasteiger partial charge in [-0.3, -0.25) is 4.79 Å². The van der Waals surface area contributed by atoms with Gasteiger partial charge in [-0.25, -0.2) is 4.98 Å². The third-order valence-electron chi connectivity index (χ3n) is 2.85. The van der Waals surface area contributed by atoms with Crippen LogP contribution in [0.2, 0.25) is 0 Å². The molecule has 1 aromatic carbocycles. The number of imidazole rings is 1. The van der Waals surface area contributed by atoms with Gasteiger partial charge in [0.1, 0.15) is 0 Å². The van der Waals surface area contributed by atoms with Gasteiger partial charge >= 0.3 is 0 Å². The first-order valence-corrected chi connectivity index (χ1v) is 7.85. The smallest absolute Gasteiger partial charge is 0.251 e. The maximum atomic E-state index is 12.0. The van der Waals surface area contributed by atoms with Crippen LogP contribution in [0.4, 0.5) is 0 Å². The van der Waals surface area contributed by atoms with Crippen LogP contribution in [0.15, 0.2) is 41.8 Å². The fourth-order valence-corrected chi connectivity index (χ4v) is 2.69. The average Bonchev–Trinajstić information content (AvgIpc) is 2.80. The molecule has 2 rings (SSSR count). The van der Waals surface area contributed by atoms with E-state index in [1.165, 1.54) is 5.56 Å². The zero-order chi connectivity index (χ0) is 15.5. The number of aryl methyl sites for hydroxylation is 1. The summed E-state index contributed by atoms with van der Waals surface area (Å²) >= 11 is 1.68. The average molecular weight is 303 g/mol. The molecule has 0 saturated heterocycles. The van der Waals surface area contributed by atoms with Crippen molar-refractivity contribution >= 4 is 17.7 Å². The highest BCUT2D eigenvalue weighted by Gasteiger charge is 2.14. The molecule has 2 aromatic rings. The molecule has 1 heterocycles. The quantitative estimate of drug-likeness (QED) is 0.882. The lowest BCUT2D eigenvalue weighted by molar-refractivity contribution is 0.0919. The molecular weight excluding hydrogens is 282 g/mol. The van der Waals surface area contributed by atoms with E-state index in [0.717, 1.165) is 10.9 Å². The zero-order valence-electron chi connectivity index (χ0n) is 12.9. The van der Waals surface area contributed by atoms with Crippen molar-refractivity contribution in [3.63, 3.8) is 0 Å². The maximum Gasteiger partial charge on any atom is 0.251 e. The van der Waals surface area contributed by atoms with Crippen LogP contribution in [0, 0.1) is 0 Å². The Balaban J connectivity index is 1.96. The molecule has 0 atom stereocenters. The largest absolute Gasteiger partial charge is 0.347 e. The number of hydrogen-bond donors (Lipinski definition) is 1. The molecule has 0 aliphatic carbocycles. The van der Waals surface area contributed by atoms with Gasteiger partial charge in [0.2, 0.25) is 0 Å². The molecule has 0 aliphatic rings. The highest BCUT2D eigenvalue weighted by Crippen LogP contribution is 2.20. The number of nitrogens with one attached hydrogen (secondary N) is 1. The van der Waals surface area contributed by atoms with Gasteiger partial charge in [-0.2, -0.15) is 0 Å². The van der Waals surface area contributed by atoms with Crippen LogP contribution in [-0.4, -0.2) is 21.0 Å². The maximum absolute atomic E-state index is 12.0. The fraction of sp³-hybridized carbons (Fsp3) is 0.375. The van der Waals surface area contributed by atoms with Crippen molar-refractivity contribution < 1.29 is 4.79 Å². The van der Waals surface area contributed by atoms with Crippen molar-refractivity contribution in [1.29, 1.82) is 0 Å². The van der Waals surface area contributed by atoms with Gasteiger partial charge in [0.15, 0.2) is 5.16 Å².